The molecule has 0 aromatic rings. The quantitative estimate of drug-likeness (QED) is 0.756. The number of hydrogen-bond donors (Lipinski definition) is 1. The van der Waals surface area contributed by atoms with Gasteiger partial charge in [-0.25, -0.2) is 4.79 Å². The van der Waals surface area contributed by atoms with Crippen LogP contribution < -0.4 is 5.32 Å². The lowest BCUT2D eigenvalue weighted by Crippen LogP contribution is -2.44. The van der Waals surface area contributed by atoms with Gasteiger partial charge in [0.2, 0.25) is 0 Å². The lowest BCUT2D eigenvalue weighted by molar-refractivity contribution is -0.154. The molecule has 27 heavy (non-hydrogen) atoms. The van der Waals surface area contributed by atoms with Crippen LogP contribution in [-0.2, 0) is 19.1 Å². The van der Waals surface area contributed by atoms with Gasteiger partial charge in [0.25, 0.3) is 5.91 Å². The number of ether oxygens (including phenoxy) is 2. The fourth-order valence-corrected chi connectivity index (χ4v) is 3.66. The van der Waals surface area contributed by atoms with Gasteiger partial charge in [0.05, 0.1) is 5.92 Å². The Morgan fingerprint density at radius 3 is 2.26 bits per heavy atom. The van der Waals surface area contributed by atoms with Crippen LogP contribution in [0.3, 0.4) is 0 Å². The molecule has 2 fully saturated rings. The Hall–Kier alpha value is -1.79. The van der Waals surface area contributed by atoms with Crippen molar-refractivity contribution in [1.82, 2.24) is 10.2 Å². The van der Waals surface area contributed by atoms with Crippen molar-refractivity contribution in [3.63, 3.8) is 0 Å². The largest absolute Gasteiger partial charge is 0.455 e. The van der Waals surface area contributed by atoms with Gasteiger partial charge in [0.15, 0.2) is 6.61 Å². The molecule has 1 aliphatic heterocycles. The summed E-state index contributed by atoms with van der Waals surface area (Å²) in [4.78, 5) is 38.0. The molecule has 0 bridgehead atoms. The van der Waals surface area contributed by atoms with Gasteiger partial charge in [0, 0.05) is 19.1 Å². The first-order valence-electron chi connectivity index (χ1n) is 10.1. The zero-order valence-electron chi connectivity index (χ0n) is 17.1. The second-order valence-corrected chi connectivity index (χ2v) is 8.79. The van der Waals surface area contributed by atoms with Crippen LogP contribution in [0.5, 0.6) is 0 Å². The number of hydrogen-bond acceptors (Lipinski definition) is 5. The van der Waals surface area contributed by atoms with Gasteiger partial charge >= 0.3 is 12.1 Å². The Balaban J connectivity index is 1.68. The van der Waals surface area contributed by atoms with Gasteiger partial charge in [-0.2, -0.15) is 0 Å². The molecule has 0 unspecified atom stereocenters. The number of nitrogens with one attached hydrogen (secondary N) is 1. The number of nitrogens with zero attached hydrogens (tertiary/aromatic N) is 1. The molecule has 154 valence electrons. The van der Waals surface area contributed by atoms with Crippen molar-refractivity contribution < 1.29 is 23.9 Å². The normalized spacial score (nSPS) is 24.2. The molecule has 0 radical (unpaired) electrons. The van der Waals surface area contributed by atoms with E-state index >= 15 is 0 Å². The van der Waals surface area contributed by atoms with Crippen molar-refractivity contribution in [2.45, 2.75) is 77.9 Å². The SMILES string of the molecule is C[C@H]1CCCC[C@@H]1NC(=O)COC(=O)C1CCN(C(=O)OC(C)(C)C)CC1. The summed E-state index contributed by atoms with van der Waals surface area (Å²) in [5, 5.41) is 2.99. The summed E-state index contributed by atoms with van der Waals surface area (Å²) in [5.41, 5.74) is -0.532. The number of rotatable bonds is 4. The van der Waals surface area contributed by atoms with E-state index in [-0.39, 0.29) is 36.5 Å². The van der Waals surface area contributed by atoms with Crippen molar-refractivity contribution in [3.8, 4) is 0 Å². The third-order valence-corrected chi connectivity index (χ3v) is 5.28. The van der Waals surface area contributed by atoms with Crippen LogP contribution in [0.15, 0.2) is 0 Å². The number of amides is 2. The van der Waals surface area contributed by atoms with E-state index < -0.39 is 5.60 Å². The fourth-order valence-electron chi connectivity index (χ4n) is 3.66. The maximum absolute atomic E-state index is 12.2. The molecule has 0 aromatic heterocycles. The number of carbonyl (C=O) groups excluding carboxylic acids is 3. The fraction of sp³-hybridized carbons (Fsp3) is 0.850. The molecule has 2 atom stereocenters. The third-order valence-electron chi connectivity index (χ3n) is 5.28. The Kier molecular flexibility index (Phi) is 7.50. The van der Waals surface area contributed by atoms with E-state index in [4.69, 9.17) is 9.47 Å². The van der Waals surface area contributed by atoms with Gasteiger partial charge in [0.1, 0.15) is 5.60 Å². The van der Waals surface area contributed by atoms with E-state index in [2.05, 4.69) is 12.2 Å². The first-order valence-corrected chi connectivity index (χ1v) is 10.1. The van der Waals surface area contributed by atoms with E-state index in [9.17, 15) is 14.4 Å². The first-order chi connectivity index (χ1) is 12.7. The van der Waals surface area contributed by atoms with Gasteiger partial charge in [-0.15, -0.1) is 0 Å². The Labute approximate surface area is 162 Å². The summed E-state index contributed by atoms with van der Waals surface area (Å²) in [7, 11) is 0. The van der Waals surface area contributed by atoms with Crippen molar-refractivity contribution in [3.05, 3.63) is 0 Å². The van der Waals surface area contributed by atoms with Crippen LogP contribution in [0.4, 0.5) is 4.79 Å². The number of piperidine rings is 1. The van der Waals surface area contributed by atoms with Crippen LogP contribution in [-0.4, -0.2) is 54.2 Å². The van der Waals surface area contributed by atoms with Crippen molar-refractivity contribution in [2.24, 2.45) is 11.8 Å². The third kappa shape index (κ3) is 7.03. The van der Waals surface area contributed by atoms with Crippen LogP contribution >= 0.6 is 0 Å². The standard InChI is InChI=1S/C20H34N2O5/c1-14-7-5-6-8-16(14)21-17(23)13-26-18(24)15-9-11-22(12-10-15)19(25)27-20(2,3)4/h14-16H,5-13H2,1-4H3,(H,21,23)/t14-,16-/m0/s1. The molecule has 1 saturated carbocycles. The molecular weight excluding hydrogens is 348 g/mol. The predicted octanol–water partition coefficient (Wildman–Crippen LogP) is 2.87. The second kappa shape index (κ2) is 9.42. The van der Waals surface area contributed by atoms with Crippen LogP contribution in [0, 0.1) is 11.8 Å². The molecule has 0 spiro atoms. The minimum absolute atomic E-state index is 0.182. The van der Waals surface area contributed by atoms with Gasteiger partial charge < -0.3 is 19.7 Å². The van der Waals surface area contributed by atoms with Gasteiger partial charge in [-0.05, 0) is 52.4 Å². The number of likely N-dealkylation sites (tertiary alicyclic amines) is 1. The molecule has 7 heteroatoms. The molecule has 1 heterocycles. The van der Waals surface area contributed by atoms with Crippen molar-refractivity contribution in [1.29, 1.82) is 0 Å². The minimum Gasteiger partial charge on any atom is -0.455 e. The zero-order valence-corrected chi connectivity index (χ0v) is 17.1. The van der Waals surface area contributed by atoms with E-state index in [1.165, 1.54) is 6.42 Å². The predicted molar refractivity (Wildman–Crippen MR) is 101 cm³/mol. The number of carbonyl (C=O) groups is 3. The molecular formula is C20H34N2O5. The highest BCUT2D eigenvalue weighted by Crippen LogP contribution is 2.24. The smallest absolute Gasteiger partial charge is 0.410 e. The summed E-state index contributed by atoms with van der Waals surface area (Å²) in [6, 6.07) is 0.182. The molecule has 2 amide bonds. The van der Waals surface area contributed by atoms with Gasteiger partial charge in [-0.1, -0.05) is 19.8 Å². The average molecular weight is 383 g/mol. The topological polar surface area (TPSA) is 84.9 Å². The molecule has 1 N–H and O–H groups in total. The lowest BCUT2D eigenvalue weighted by atomic mass is 9.86. The minimum atomic E-state index is -0.532. The summed E-state index contributed by atoms with van der Waals surface area (Å²) >= 11 is 0. The number of esters is 1. The first kappa shape index (κ1) is 21.5. The maximum Gasteiger partial charge on any atom is 0.410 e. The molecule has 1 aliphatic carbocycles. The van der Waals surface area contributed by atoms with Crippen molar-refractivity contribution in [2.75, 3.05) is 19.7 Å². The molecule has 7 nitrogen and oxygen atoms in total. The summed E-state index contributed by atoms with van der Waals surface area (Å²) in [6.07, 6.45) is 5.16. The highest BCUT2D eigenvalue weighted by atomic mass is 16.6. The van der Waals surface area contributed by atoms with E-state index in [0.29, 0.717) is 31.8 Å². The van der Waals surface area contributed by atoms with Crippen LogP contribution in [0.25, 0.3) is 0 Å². The second-order valence-electron chi connectivity index (χ2n) is 8.79. The Morgan fingerprint density at radius 2 is 1.67 bits per heavy atom. The van der Waals surface area contributed by atoms with Crippen LogP contribution in [0.2, 0.25) is 0 Å². The highest BCUT2D eigenvalue weighted by Gasteiger charge is 2.31. The molecule has 1 saturated heterocycles. The molecule has 2 aliphatic rings. The Morgan fingerprint density at radius 1 is 1.04 bits per heavy atom. The van der Waals surface area contributed by atoms with Crippen molar-refractivity contribution >= 4 is 18.0 Å². The summed E-state index contributed by atoms with van der Waals surface area (Å²) in [6.45, 7) is 8.32. The van der Waals surface area contributed by atoms with Gasteiger partial charge in [-0.3, -0.25) is 9.59 Å². The van der Waals surface area contributed by atoms with Crippen LogP contribution in [0.1, 0.15) is 66.2 Å². The summed E-state index contributed by atoms with van der Waals surface area (Å²) in [5.74, 6) is -0.389. The summed E-state index contributed by atoms with van der Waals surface area (Å²) < 4.78 is 10.6. The molecule has 2 rings (SSSR count). The average Bonchev–Trinajstić information content (AvgIpc) is 2.60. The molecule has 0 aromatic carbocycles. The maximum atomic E-state index is 12.2. The zero-order chi connectivity index (χ0) is 20.0. The Bertz CT molecular complexity index is 535. The van der Waals surface area contributed by atoms with E-state index in [0.717, 1.165) is 19.3 Å². The lowest BCUT2D eigenvalue weighted by Gasteiger charge is -2.32. The van der Waals surface area contributed by atoms with E-state index in [1.54, 1.807) is 4.90 Å². The van der Waals surface area contributed by atoms with E-state index in [1.807, 2.05) is 20.8 Å². The highest BCUT2D eigenvalue weighted by molar-refractivity contribution is 5.81. The monoisotopic (exact) mass is 382 g/mol.